The predicted octanol–water partition coefficient (Wildman–Crippen LogP) is 1.52. The van der Waals surface area contributed by atoms with Crippen molar-refractivity contribution in [2.75, 3.05) is 27.2 Å². The highest BCUT2D eigenvalue weighted by molar-refractivity contribution is 5.76. The summed E-state index contributed by atoms with van der Waals surface area (Å²) in [7, 11) is 3.99. The minimum Gasteiger partial charge on any atom is -0.337 e. The Hall–Kier alpha value is -2.72. The van der Waals surface area contributed by atoms with Crippen LogP contribution in [0.1, 0.15) is 24.0 Å². The second kappa shape index (κ2) is 9.55. The molecule has 0 fully saturated rings. The summed E-state index contributed by atoms with van der Waals surface area (Å²) in [5, 5.41) is 12.9. The quantitative estimate of drug-likeness (QED) is 0.691. The molecule has 7 heteroatoms. The third-order valence-electron chi connectivity index (χ3n) is 3.87. The Morgan fingerprint density at radius 2 is 2.00 bits per heavy atom. The van der Waals surface area contributed by atoms with Crippen LogP contribution in [-0.2, 0) is 17.9 Å². The van der Waals surface area contributed by atoms with Crippen molar-refractivity contribution in [1.82, 2.24) is 24.6 Å². The summed E-state index contributed by atoms with van der Waals surface area (Å²) in [4.78, 5) is 20.5. The molecule has 0 aliphatic carbocycles. The lowest BCUT2D eigenvalue weighted by molar-refractivity contribution is -0.132. The molecular weight excluding hydrogens is 316 g/mol. The first-order valence-electron chi connectivity index (χ1n) is 8.32. The number of amides is 1. The number of rotatable bonds is 9. The number of carbonyl (C=O) groups is 1. The monoisotopic (exact) mass is 340 g/mol. The molecule has 0 saturated carbocycles. The molecule has 0 atom stereocenters. The molecule has 25 heavy (non-hydrogen) atoms. The summed E-state index contributed by atoms with van der Waals surface area (Å²) >= 11 is 0. The van der Waals surface area contributed by atoms with Gasteiger partial charge in [-0.25, -0.2) is 4.98 Å². The molecule has 1 aromatic heterocycles. The zero-order valence-corrected chi connectivity index (χ0v) is 14.8. The highest BCUT2D eigenvalue weighted by atomic mass is 16.2. The first kappa shape index (κ1) is 18.6. The van der Waals surface area contributed by atoms with Crippen molar-refractivity contribution in [3.63, 3.8) is 0 Å². The van der Waals surface area contributed by atoms with Crippen LogP contribution in [0.4, 0.5) is 0 Å². The highest BCUT2D eigenvalue weighted by Gasteiger charge is 2.14. The van der Waals surface area contributed by atoms with E-state index >= 15 is 0 Å². The summed E-state index contributed by atoms with van der Waals surface area (Å²) in [5.74, 6) is 0.131. The Morgan fingerprint density at radius 3 is 2.60 bits per heavy atom. The molecule has 2 aromatic rings. The van der Waals surface area contributed by atoms with Gasteiger partial charge in [0.25, 0.3) is 0 Å². The van der Waals surface area contributed by atoms with Crippen molar-refractivity contribution in [2.45, 2.75) is 25.9 Å². The van der Waals surface area contributed by atoms with E-state index in [0.717, 1.165) is 18.5 Å². The van der Waals surface area contributed by atoms with Gasteiger partial charge in [0.1, 0.15) is 12.7 Å². The molecule has 1 aromatic carbocycles. The maximum absolute atomic E-state index is 12.6. The topological polar surface area (TPSA) is 78.0 Å². The number of nitrogens with zero attached hydrogens (tertiary/aromatic N) is 6. The minimum absolute atomic E-state index is 0.131. The van der Waals surface area contributed by atoms with E-state index in [1.165, 1.54) is 6.33 Å². The Morgan fingerprint density at radius 1 is 1.24 bits per heavy atom. The largest absolute Gasteiger partial charge is 0.337 e. The van der Waals surface area contributed by atoms with Gasteiger partial charge in [-0.15, -0.1) is 0 Å². The third kappa shape index (κ3) is 6.36. The van der Waals surface area contributed by atoms with E-state index in [1.807, 2.05) is 31.1 Å². The number of hydrogen-bond acceptors (Lipinski definition) is 5. The summed E-state index contributed by atoms with van der Waals surface area (Å²) in [6.45, 7) is 2.73. The van der Waals surface area contributed by atoms with Crippen LogP contribution >= 0.6 is 0 Å². The minimum atomic E-state index is 0.131. The first-order chi connectivity index (χ1) is 12.1. The van der Waals surface area contributed by atoms with Gasteiger partial charge < -0.3 is 9.80 Å². The van der Waals surface area contributed by atoms with Crippen LogP contribution in [0.15, 0.2) is 36.9 Å². The van der Waals surface area contributed by atoms with Gasteiger partial charge in [0, 0.05) is 32.6 Å². The Balaban J connectivity index is 1.92. The number of nitriles is 1. The lowest BCUT2D eigenvalue weighted by Crippen LogP contribution is -2.36. The van der Waals surface area contributed by atoms with Crippen molar-refractivity contribution in [3.05, 3.63) is 48.0 Å². The fourth-order valence-electron chi connectivity index (χ4n) is 2.42. The Labute approximate surface area is 148 Å². The predicted molar refractivity (Wildman–Crippen MR) is 94.4 cm³/mol. The molecule has 1 amide bonds. The molecule has 2 rings (SSSR count). The van der Waals surface area contributed by atoms with E-state index in [0.29, 0.717) is 31.6 Å². The van der Waals surface area contributed by atoms with Gasteiger partial charge in [-0.05, 0) is 38.2 Å². The average molecular weight is 340 g/mol. The smallest absolute Gasteiger partial charge is 0.222 e. The van der Waals surface area contributed by atoms with Crippen LogP contribution in [0.3, 0.4) is 0 Å². The Bertz CT molecular complexity index is 687. The number of carbonyl (C=O) groups excluding carboxylic acids is 1. The number of aromatic nitrogens is 3. The lowest BCUT2D eigenvalue weighted by Gasteiger charge is -2.24. The van der Waals surface area contributed by atoms with Crippen LogP contribution in [0.2, 0.25) is 0 Å². The van der Waals surface area contributed by atoms with E-state index < -0.39 is 0 Å². The van der Waals surface area contributed by atoms with Crippen LogP contribution in [0, 0.1) is 11.3 Å². The number of likely N-dealkylation sites (N-methyl/N-ethyl adjacent to an activating group) is 1. The van der Waals surface area contributed by atoms with Crippen LogP contribution in [0.5, 0.6) is 0 Å². The standard InChI is InChI=1S/C18H24N6O/c1-22(2)10-11-23(13-17-7-5-16(12-19)6-8-17)18(25)4-3-9-24-15-20-14-21-24/h5-8,14-15H,3-4,9-11,13H2,1-2H3. The number of benzene rings is 1. The molecule has 132 valence electrons. The highest BCUT2D eigenvalue weighted by Crippen LogP contribution is 2.09. The maximum Gasteiger partial charge on any atom is 0.222 e. The molecule has 0 aliphatic heterocycles. The molecule has 0 bridgehead atoms. The molecular formula is C18H24N6O. The third-order valence-corrected chi connectivity index (χ3v) is 3.87. The Kier molecular flexibility index (Phi) is 7.11. The zero-order valence-electron chi connectivity index (χ0n) is 14.8. The second-order valence-electron chi connectivity index (χ2n) is 6.19. The van der Waals surface area contributed by atoms with Gasteiger partial charge in [0.2, 0.25) is 5.91 Å². The van der Waals surface area contributed by atoms with Gasteiger partial charge in [0.05, 0.1) is 11.6 Å². The van der Waals surface area contributed by atoms with E-state index in [4.69, 9.17) is 5.26 Å². The van der Waals surface area contributed by atoms with Crippen molar-refractivity contribution < 1.29 is 4.79 Å². The van der Waals surface area contributed by atoms with E-state index in [1.54, 1.807) is 23.1 Å². The SMILES string of the molecule is CN(C)CCN(Cc1ccc(C#N)cc1)C(=O)CCCn1cncn1. The molecule has 0 unspecified atom stereocenters. The van der Waals surface area contributed by atoms with Crippen molar-refractivity contribution in [1.29, 1.82) is 5.26 Å². The van der Waals surface area contributed by atoms with Crippen LogP contribution in [0.25, 0.3) is 0 Å². The van der Waals surface area contributed by atoms with Gasteiger partial charge in [0.15, 0.2) is 0 Å². The van der Waals surface area contributed by atoms with Gasteiger partial charge in [-0.2, -0.15) is 10.4 Å². The molecule has 0 aliphatic rings. The molecule has 0 spiro atoms. The van der Waals surface area contributed by atoms with Crippen molar-refractivity contribution in [2.24, 2.45) is 0 Å². The molecule has 0 saturated heterocycles. The second-order valence-corrected chi connectivity index (χ2v) is 6.19. The molecule has 1 heterocycles. The van der Waals surface area contributed by atoms with Crippen molar-refractivity contribution in [3.8, 4) is 6.07 Å². The summed E-state index contributed by atoms with van der Waals surface area (Å²) in [6.07, 6.45) is 4.36. The van der Waals surface area contributed by atoms with E-state index in [2.05, 4.69) is 21.1 Å². The normalized spacial score (nSPS) is 10.6. The molecule has 0 radical (unpaired) electrons. The zero-order chi connectivity index (χ0) is 18.1. The van der Waals surface area contributed by atoms with E-state index in [-0.39, 0.29) is 5.91 Å². The first-order valence-corrected chi connectivity index (χ1v) is 8.32. The summed E-state index contributed by atoms with van der Waals surface area (Å²) in [5.41, 5.74) is 1.66. The molecule has 0 N–H and O–H groups in total. The fourth-order valence-corrected chi connectivity index (χ4v) is 2.42. The molecule has 7 nitrogen and oxygen atoms in total. The average Bonchev–Trinajstić information content (AvgIpc) is 3.12. The maximum atomic E-state index is 12.6. The van der Waals surface area contributed by atoms with Crippen molar-refractivity contribution >= 4 is 5.91 Å². The number of hydrogen-bond donors (Lipinski definition) is 0. The van der Waals surface area contributed by atoms with Gasteiger partial charge >= 0.3 is 0 Å². The van der Waals surface area contributed by atoms with Gasteiger partial charge in [-0.1, -0.05) is 12.1 Å². The summed E-state index contributed by atoms with van der Waals surface area (Å²) in [6, 6.07) is 9.50. The number of aryl methyl sites for hydroxylation is 1. The van der Waals surface area contributed by atoms with Crippen LogP contribution in [-0.4, -0.2) is 57.7 Å². The summed E-state index contributed by atoms with van der Waals surface area (Å²) < 4.78 is 1.73. The van der Waals surface area contributed by atoms with Crippen LogP contribution < -0.4 is 0 Å². The van der Waals surface area contributed by atoms with Gasteiger partial charge in [-0.3, -0.25) is 9.48 Å². The van der Waals surface area contributed by atoms with E-state index in [9.17, 15) is 4.79 Å². The lowest BCUT2D eigenvalue weighted by atomic mass is 10.1. The fraction of sp³-hybridized carbons (Fsp3) is 0.444.